The molecule has 14 heteroatoms. The van der Waals surface area contributed by atoms with Crippen molar-refractivity contribution in [3.63, 3.8) is 0 Å². The molecule has 4 N–H and O–H groups in total. The number of thiazole rings is 1. The number of aromatic nitrogens is 4. The van der Waals surface area contributed by atoms with Crippen LogP contribution in [-0.4, -0.2) is 85.5 Å². The fraction of sp³-hybridized carbons (Fsp3) is 0.414. The first-order valence-corrected chi connectivity index (χ1v) is 14.8. The first-order valence-electron chi connectivity index (χ1n) is 14.0. The minimum Gasteiger partial charge on any atom is -0.390 e. The van der Waals surface area contributed by atoms with E-state index in [0.29, 0.717) is 48.2 Å². The summed E-state index contributed by atoms with van der Waals surface area (Å²) >= 11 is 1.44. The molecule has 0 spiro atoms. The highest BCUT2D eigenvalue weighted by Gasteiger charge is 2.43. The van der Waals surface area contributed by atoms with Crippen molar-refractivity contribution in [1.29, 1.82) is 0 Å². The molecule has 1 aliphatic carbocycles. The molecule has 4 aromatic rings. The van der Waals surface area contributed by atoms with E-state index in [1.807, 2.05) is 13.0 Å². The van der Waals surface area contributed by atoms with Gasteiger partial charge in [-0.05, 0) is 38.5 Å². The zero-order chi connectivity index (χ0) is 30.2. The van der Waals surface area contributed by atoms with Gasteiger partial charge in [-0.2, -0.15) is 4.98 Å². The second-order valence-electron chi connectivity index (χ2n) is 10.8. The maximum atomic E-state index is 14.3. The molecule has 2 fully saturated rings. The van der Waals surface area contributed by atoms with E-state index in [2.05, 4.69) is 25.6 Å². The summed E-state index contributed by atoms with van der Waals surface area (Å²) in [5, 5.41) is 28.8. The molecule has 0 radical (unpaired) electrons. The molecule has 1 unspecified atom stereocenters. The number of aliphatic hydroxyl groups excluding tert-OH is 2. The van der Waals surface area contributed by atoms with E-state index >= 15 is 0 Å². The summed E-state index contributed by atoms with van der Waals surface area (Å²) in [6.45, 7) is 4.60. The van der Waals surface area contributed by atoms with Crippen molar-refractivity contribution in [1.82, 2.24) is 24.8 Å². The number of morpholine rings is 1. The second-order valence-corrected chi connectivity index (χ2v) is 11.8. The number of anilines is 2. The lowest BCUT2D eigenvalue weighted by molar-refractivity contribution is -0.144. The van der Waals surface area contributed by atoms with Gasteiger partial charge in [-0.3, -0.25) is 9.78 Å². The third kappa shape index (κ3) is 5.87. The van der Waals surface area contributed by atoms with Gasteiger partial charge in [-0.25, -0.2) is 18.7 Å². The molecule has 4 heterocycles. The molecule has 1 aromatic carbocycles. The molecule has 11 nitrogen and oxygen atoms in total. The molecule has 1 saturated heterocycles. The van der Waals surface area contributed by atoms with Crippen LogP contribution in [0.15, 0.2) is 30.5 Å². The third-order valence-electron chi connectivity index (χ3n) is 7.94. The lowest BCUT2D eigenvalue weighted by atomic mass is 10.0. The fourth-order valence-electron chi connectivity index (χ4n) is 5.62. The zero-order valence-corrected chi connectivity index (χ0v) is 24.4. The van der Waals surface area contributed by atoms with Crippen molar-refractivity contribution in [3.8, 4) is 10.6 Å². The van der Waals surface area contributed by atoms with Crippen LogP contribution in [0, 0.1) is 31.4 Å². The van der Waals surface area contributed by atoms with Gasteiger partial charge in [-0.1, -0.05) is 6.07 Å². The van der Waals surface area contributed by atoms with E-state index in [4.69, 9.17) is 9.72 Å². The van der Waals surface area contributed by atoms with Gasteiger partial charge in [0.1, 0.15) is 40.7 Å². The largest absolute Gasteiger partial charge is 0.390 e. The third-order valence-corrected chi connectivity index (χ3v) is 8.98. The van der Waals surface area contributed by atoms with Crippen molar-refractivity contribution in [2.75, 3.05) is 36.9 Å². The zero-order valence-electron chi connectivity index (χ0n) is 23.5. The number of amides is 1. The standard InChI is InChI=1S/C29H31F2N7O4S/c1-14-23(28-36-24-15(2)32-7-6-21(24)43-28)27(37-29(34-14)33-11-17-18(30)4-3-5-19(17)31)35-20-10-16(25(40)26(20)41)12-38-8-9-42-13-22(38)39/h3-7,16,20,25-26,40-41H,8-13H2,1-2H3,(H2,33,34,35,37)/t16-,20?,25-,26+/m1/s1. The highest BCUT2D eigenvalue weighted by atomic mass is 32.1. The SMILES string of the molecule is Cc1nc(NCc2c(F)cccc2F)nc(NC2C[C@H](CN3CCOCC3=O)[C@@H](O)[C@H]2O)c1-c1nc2c(C)nccc2s1. The molecule has 1 aliphatic heterocycles. The highest BCUT2D eigenvalue weighted by Crippen LogP contribution is 2.38. The monoisotopic (exact) mass is 611 g/mol. The molecule has 4 atom stereocenters. The number of rotatable bonds is 8. The van der Waals surface area contributed by atoms with E-state index in [1.165, 1.54) is 29.5 Å². The number of carbonyl (C=O) groups excluding carboxylic acids is 1. The molecule has 0 bridgehead atoms. The van der Waals surface area contributed by atoms with Crippen LogP contribution >= 0.6 is 11.3 Å². The summed E-state index contributed by atoms with van der Waals surface area (Å²) < 4.78 is 34.7. The van der Waals surface area contributed by atoms with Gasteiger partial charge < -0.3 is 30.5 Å². The number of ether oxygens (including phenoxy) is 1. The molecule has 6 rings (SSSR count). The van der Waals surface area contributed by atoms with E-state index in [-0.39, 0.29) is 36.5 Å². The number of hydrogen-bond donors (Lipinski definition) is 4. The Labute approximate surface area is 250 Å². The van der Waals surface area contributed by atoms with Crippen LogP contribution in [0.2, 0.25) is 0 Å². The number of fused-ring (bicyclic) bond motifs is 1. The molecule has 1 amide bonds. The van der Waals surface area contributed by atoms with Gasteiger partial charge in [0.2, 0.25) is 11.9 Å². The lowest BCUT2D eigenvalue weighted by Crippen LogP contribution is -2.45. The number of nitrogens with one attached hydrogen (secondary N) is 2. The van der Waals surface area contributed by atoms with E-state index < -0.39 is 29.9 Å². The number of aliphatic hydroxyl groups is 2. The molecular weight excluding hydrogens is 580 g/mol. The Kier molecular flexibility index (Phi) is 8.18. The molecule has 1 saturated carbocycles. The predicted molar refractivity (Wildman–Crippen MR) is 157 cm³/mol. The van der Waals surface area contributed by atoms with Crippen LogP contribution in [0.4, 0.5) is 20.5 Å². The van der Waals surface area contributed by atoms with E-state index in [1.54, 1.807) is 18.0 Å². The highest BCUT2D eigenvalue weighted by molar-refractivity contribution is 7.21. The Balaban J connectivity index is 1.32. The van der Waals surface area contributed by atoms with Crippen LogP contribution in [-0.2, 0) is 16.1 Å². The number of aryl methyl sites for hydroxylation is 2. The minimum atomic E-state index is -1.14. The number of benzene rings is 1. The Morgan fingerprint density at radius 1 is 1.09 bits per heavy atom. The normalized spacial score (nSPS) is 22.4. The topological polar surface area (TPSA) is 146 Å². The van der Waals surface area contributed by atoms with Gasteiger partial charge >= 0.3 is 0 Å². The average molecular weight is 612 g/mol. The number of carbonyl (C=O) groups is 1. The van der Waals surface area contributed by atoms with Gasteiger partial charge in [0, 0.05) is 37.3 Å². The Bertz CT molecular complexity index is 1650. The average Bonchev–Trinajstić information content (AvgIpc) is 3.51. The summed E-state index contributed by atoms with van der Waals surface area (Å²) in [4.78, 5) is 32.3. The maximum Gasteiger partial charge on any atom is 0.248 e. The van der Waals surface area contributed by atoms with Crippen molar-refractivity contribution in [2.45, 2.75) is 45.1 Å². The fourth-order valence-corrected chi connectivity index (χ4v) is 6.73. The summed E-state index contributed by atoms with van der Waals surface area (Å²) in [5.41, 5.74) is 2.51. The summed E-state index contributed by atoms with van der Waals surface area (Å²) in [5.74, 6) is -1.45. The van der Waals surface area contributed by atoms with Crippen LogP contribution in [0.3, 0.4) is 0 Å². The van der Waals surface area contributed by atoms with Crippen LogP contribution < -0.4 is 10.6 Å². The van der Waals surface area contributed by atoms with Crippen molar-refractivity contribution >= 4 is 39.2 Å². The first kappa shape index (κ1) is 29.2. The van der Waals surface area contributed by atoms with Gasteiger partial charge in [0.25, 0.3) is 0 Å². The molecule has 2 aliphatic rings. The smallest absolute Gasteiger partial charge is 0.248 e. The molecule has 43 heavy (non-hydrogen) atoms. The van der Waals surface area contributed by atoms with Gasteiger partial charge in [0.15, 0.2) is 0 Å². The Morgan fingerprint density at radius 3 is 2.63 bits per heavy atom. The lowest BCUT2D eigenvalue weighted by Gasteiger charge is -2.30. The van der Waals surface area contributed by atoms with E-state index in [0.717, 1.165) is 15.9 Å². The Morgan fingerprint density at radius 2 is 1.88 bits per heavy atom. The van der Waals surface area contributed by atoms with Crippen molar-refractivity contribution < 1.29 is 28.5 Å². The molecular formula is C29H31F2N7O4S. The first-order chi connectivity index (χ1) is 20.7. The summed E-state index contributed by atoms with van der Waals surface area (Å²) in [6, 6.07) is 4.92. The number of nitrogens with zero attached hydrogens (tertiary/aromatic N) is 5. The molecule has 226 valence electrons. The minimum absolute atomic E-state index is 0.000336. The predicted octanol–water partition coefficient (Wildman–Crippen LogP) is 3.04. The number of halogens is 2. The molecule has 3 aromatic heterocycles. The van der Waals surface area contributed by atoms with Gasteiger partial charge in [0.05, 0.1) is 40.4 Å². The van der Waals surface area contributed by atoms with Gasteiger partial charge in [-0.15, -0.1) is 11.3 Å². The van der Waals surface area contributed by atoms with Crippen LogP contribution in [0.25, 0.3) is 20.8 Å². The van der Waals surface area contributed by atoms with Crippen LogP contribution in [0.5, 0.6) is 0 Å². The quantitative estimate of drug-likeness (QED) is 0.235. The van der Waals surface area contributed by atoms with Crippen molar-refractivity contribution in [3.05, 3.63) is 59.0 Å². The number of pyridine rings is 1. The number of hydrogen-bond acceptors (Lipinski definition) is 11. The van der Waals surface area contributed by atoms with E-state index in [9.17, 15) is 23.8 Å². The summed E-state index contributed by atoms with van der Waals surface area (Å²) in [7, 11) is 0. The maximum absolute atomic E-state index is 14.3. The van der Waals surface area contributed by atoms with Crippen LogP contribution in [0.1, 0.15) is 23.4 Å². The summed E-state index contributed by atoms with van der Waals surface area (Å²) in [6.07, 6.45) is -0.138. The second kappa shape index (κ2) is 12.0. The Hall–Kier alpha value is -3.85. The van der Waals surface area contributed by atoms with Crippen molar-refractivity contribution in [2.24, 2.45) is 5.92 Å².